The van der Waals surface area contributed by atoms with Crippen molar-refractivity contribution in [1.82, 2.24) is 5.32 Å². The summed E-state index contributed by atoms with van der Waals surface area (Å²) in [5.41, 5.74) is -0.731. The highest BCUT2D eigenvalue weighted by Gasteiger charge is 2.28. The van der Waals surface area contributed by atoms with E-state index in [9.17, 15) is 20.0 Å². The van der Waals surface area contributed by atoms with Gasteiger partial charge in [-0.3, -0.25) is 14.9 Å². The maximum absolute atomic E-state index is 12.2. The van der Waals surface area contributed by atoms with Gasteiger partial charge >= 0.3 is 0 Å². The molecule has 0 heterocycles. The van der Waals surface area contributed by atoms with Crippen molar-refractivity contribution in [3.63, 3.8) is 0 Å². The monoisotopic (exact) mass is 300 g/mol. The van der Waals surface area contributed by atoms with Gasteiger partial charge in [0.15, 0.2) is 0 Å². The summed E-state index contributed by atoms with van der Waals surface area (Å²) in [6.45, 7) is 3.53. The lowest BCUT2D eigenvalue weighted by Gasteiger charge is -2.30. The molecule has 0 aromatic heterocycles. The largest absolute Gasteiger partial charge is 0.394 e. The molecule has 20 heavy (non-hydrogen) atoms. The number of aliphatic hydroxyl groups excluding tert-OH is 1. The molecule has 0 aliphatic carbocycles. The Bertz CT molecular complexity index is 507. The van der Waals surface area contributed by atoms with Gasteiger partial charge in [0.05, 0.1) is 27.7 Å². The van der Waals surface area contributed by atoms with Crippen LogP contribution in [0.3, 0.4) is 0 Å². The molecule has 1 aromatic carbocycles. The summed E-state index contributed by atoms with van der Waals surface area (Å²) in [6, 6.07) is 3.66. The van der Waals surface area contributed by atoms with Crippen LogP contribution in [0, 0.1) is 10.1 Å². The molecule has 7 heteroatoms. The number of benzene rings is 1. The number of nitro benzene ring substituents is 1. The number of halogens is 1. The second-order valence-corrected chi connectivity index (χ2v) is 4.93. The number of hydrogen-bond donors (Lipinski definition) is 2. The van der Waals surface area contributed by atoms with Crippen molar-refractivity contribution in [2.75, 3.05) is 6.61 Å². The Kier molecular flexibility index (Phi) is 5.47. The summed E-state index contributed by atoms with van der Waals surface area (Å²) in [7, 11) is 0. The number of nitrogens with one attached hydrogen (secondary N) is 1. The third-order valence-electron chi connectivity index (χ3n) is 3.44. The van der Waals surface area contributed by atoms with Crippen LogP contribution in [0.5, 0.6) is 0 Å². The fourth-order valence-electron chi connectivity index (χ4n) is 1.80. The van der Waals surface area contributed by atoms with Gasteiger partial charge in [-0.25, -0.2) is 0 Å². The molecule has 0 bridgehead atoms. The van der Waals surface area contributed by atoms with E-state index in [1.54, 1.807) is 0 Å². The van der Waals surface area contributed by atoms with Gasteiger partial charge in [0.2, 0.25) is 0 Å². The van der Waals surface area contributed by atoms with E-state index in [0.717, 1.165) is 6.07 Å². The van der Waals surface area contributed by atoms with Crippen LogP contribution in [0.4, 0.5) is 5.69 Å². The molecule has 0 fully saturated rings. The van der Waals surface area contributed by atoms with Gasteiger partial charge in [-0.2, -0.15) is 0 Å². The van der Waals surface area contributed by atoms with Gasteiger partial charge < -0.3 is 10.4 Å². The first-order valence-corrected chi connectivity index (χ1v) is 6.64. The Morgan fingerprint density at radius 2 is 2.05 bits per heavy atom. The lowest BCUT2D eigenvalue weighted by molar-refractivity contribution is -0.384. The van der Waals surface area contributed by atoms with Crippen LogP contribution >= 0.6 is 11.6 Å². The Labute approximate surface area is 121 Å². The van der Waals surface area contributed by atoms with Crippen molar-refractivity contribution in [1.29, 1.82) is 0 Å². The van der Waals surface area contributed by atoms with E-state index < -0.39 is 16.4 Å². The van der Waals surface area contributed by atoms with Crippen LogP contribution in [0.15, 0.2) is 18.2 Å². The van der Waals surface area contributed by atoms with E-state index in [-0.39, 0.29) is 22.9 Å². The number of nitro groups is 1. The predicted octanol–water partition coefficient (Wildman–Crippen LogP) is 2.53. The summed E-state index contributed by atoms with van der Waals surface area (Å²) in [4.78, 5) is 22.2. The molecular formula is C13H17ClN2O4. The van der Waals surface area contributed by atoms with Crippen LogP contribution in [0.25, 0.3) is 0 Å². The van der Waals surface area contributed by atoms with E-state index in [2.05, 4.69) is 5.32 Å². The average molecular weight is 301 g/mol. The highest BCUT2D eigenvalue weighted by atomic mass is 35.5. The number of carbonyl (C=O) groups excluding carboxylic acids is 1. The molecule has 0 spiro atoms. The summed E-state index contributed by atoms with van der Waals surface area (Å²) in [5.74, 6) is -0.456. The van der Waals surface area contributed by atoms with Crippen LogP contribution < -0.4 is 5.32 Å². The first-order chi connectivity index (χ1) is 9.39. The summed E-state index contributed by atoms with van der Waals surface area (Å²) < 4.78 is 0. The number of non-ortho nitro benzene ring substituents is 1. The normalized spacial score (nSPS) is 11.2. The molecule has 0 atom stereocenters. The molecule has 2 N–H and O–H groups in total. The van der Waals surface area contributed by atoms with Crippen molar-refractivity contribution in [3.05, 3.63) is 38.9 Å². The second kappa shape index (κ2) is 6.67. The zero-order valence-electron chi connectivity index (χ0n) is 11.4. The number of amides is 1. The molecule has 0 radical (unpaired) electrons. The first kappa shape index (κ1) is 16.4. The molecule has 6 nitrogen and oxygen atoms in total. The van der Waals surface area contributed by atoms with E-state index in [1.165, 1.54) is 12.1 Å². The van der Waals surface area contributed by atoms with Crippen LogP contribution in [0.1, 0.15) is 37.0 Å². The zero-order valence-corrected chi connectivity index (χ0v) is 12.1. The number of rotatable bonds is 6. The lowest BCUT2D eigenvalue weighted by Crippen LogP contribution is -2.50. The van der Waals surface area contributed by atoms with E-state index in [0.29, 0.717) is 12.8 Å². The second-order valence-electron chi connectivity index (χ2n) is 4.52. The maximum atomic E-state index is 12.2. The lowest BCUT2D eigenvalue weighted by atomic mass is 9.93. The molecule has 1 rings (SSSR count). The molecule has 0 aliphatic heterocycles. The number of nitrogens with zero attached hydrogens (tertiary/aromatic N) is 1. The quantitative estimate of drug-likeness (QED) is 0.623. The van der Waals surface area contributed by atoms with Gasteiger partial charge in [0, 0.05) is 12.1 Å². The van der Waals surface area contributed by atoms with E-state index >= 15 is 0 Å². The average Bonchev–Trinajstić information content (AvgIpc) is 2.44. The Balaban J connectivity index is 3.01. The van der Waals surface area contributed by atoms with Gasteiger partial charge in [-0.05, 0) is 18.9 Å². The molecule has 0 saturated carbocycles. The minimum Gasteiger partial charge on any atom is -0.394 e. The molecule has 1 amide bonds. The summed E-state index contributed by atoms with van der Waals surface area (Å²) >= 11 is 5.90. The summed E-state index contributed by atoms with van der Waals surface area (Å²) in [5, 5.41) is 22.8. The van der Waals surface area contributed by atoms with Crippen LogP contribution in [0.2, 0.25) is 5.02 Å². The van der Waals surface area contributed by atoms with Gasteiger partial charge in [0.1, 0.15) is 0 Å². The van der Waals surface area contributed by atoms with Crippen molar-refractivity contribution in [3.8, 4) is 0 Å². The molecule has 0 aliphatic rings. The van der Waals surface area contributed by atoms with Crippen molar-refractivity contribution in [2.24, 2.45) is 0 Å². The smallest absolute Gasteiger partial charge is 0.270 e. The van der Waals surface area contributed by atoms with Gasteiger partial charge in [0.25, 0.3) is 11.6 Å². The predicted molar refractivity (Wildman–Crippen MR) is 76.0 cm³/mol. The maximum Gasteiger partial charge on any atom is 0.270 e. The number of carbonyl (C=O) groups is 1. The Morgan fingerprint density at radius 1 is 1.45 bits per heavy atom. The molecular weight excluding hydrogens is 284 g/mol. The highest BCUT2D eigenvalue weighted by Crippen LogP contribution is 2.24. The van der Waals surface area contributed by atoms with E-state index in [1.807, 2.05) is 13.8 Å². The summed E-state index contributed by atoms with van der Waals surface area (Å²) in [6.07, 6.45) is 1.13. The molecule has 110 valence electrons. The fraction of sp³-hybridized carbons (Fsp3) is 0.462. The number of hydrogen-bond acceptors (Lipinski definition) is 4. The topological polar surface area (TPSA) is 92.5 Å². The third kappa shape index (κ3) is 3.46. The number of aliphatic hydroxyl groups is 1. The molecule has 0 unspecified atom stereocenters. The molecule has 1 aromatic rings. The van der Waals surface area contributed by atoms with Crippen molar-refractivity contribution in [2.45, 2.75) is 32.2 Å². The fourth-order valence-corrected chi connectivity index (χ4v) is 2.06. The molecule has 0 saturated heterocycles. The van der Waals surface area contributed by atoms with Crippen LogP contribution in [-0.2, 0) is 0 Å². The third-order valence-corrected chi connectivity index (χ3v) is 3.76. The van der Waals surface area contributed by atoms with Gasteiger partial charge in [-0.15, -0.1) is 0 Å². The zero-order chi connectivity index (χ0) is 15.3. The minimum absolute atomic E-state index is 0.00995. The van der Waals surface area contributed by atoms with Gasteiger partial charge in [-0.1, -0.05) is 25.4 Å². The van der Waals surface area contributed by atoms with Crippen LogP contribution in [-0.4, -0.2) is 28.1 Å². The van der Waals surface area contributed by atoms with E-state index in [4.69, 9.17) is 11.6 Å². The Morgan fingerprint density at radius 3 is 2.45 bits per heavy atom. The Hall–Kier alpha value is -1.66. The minimum atomic E-state index is -0.706. The highest BCUT2D eigenvalue weighted by molar-refractivity contribution is 6.34. The van der Waals surface area contributed by atoms with Crippen molar-refractivity contribution < 1.29 is 14.8 Å². The standard InChI is InChI=1S/C13H17ClN2O4/c1-3-13(4-2,8-17)15-12(18)10-6-5-9(16(19)20)7-11(10)14/h5-7,17H,3-4,8H2,1-2H3,(H,15,18). The SMILES string of the molecule is CCC(CC)(CO)NC(=O)c1ccc([N+](=O)[O-])cc1Cl. The van der Waals surface area contributed by atoms with Crippen molar-refractivity contribution >= 4 is 23.2 Å². The first-order valence-electron chi connectivity index (χ1n) is 6.26.